The van der Waals surface area contributed by atoms with Crippen LogP contribution in [0.2, 0.25) is 5.02 Å². The van der Waals surface area contributed by atoms with Crippen LogP contribution in [-0.4, -0.2) is 92.2 Å². The second-order valence-electron chi connectivity index (χ2n) is 14.9. The fourth-order valence-corrected chi connectivity index (χ4v) is 9.56. The molecule has 0 bridgehead atoms. The Hall–Kier alpha value is -3.74. The van der Waals surface area contributed by atoms with Gasteiger partial charge in [-0.15, -0.1) is 0 Å². The maximum atomic E-state index is 13.4. The zero-order valence-corrected chi connectivity index (χ0v) is 34.6. The summed E-state index contributed by atoms with van der Waals surface area (Å²) in [6, 6.07) is 18.1. The number of halogens is 1. The number of hydrogen-bond acceptors (Lipinski definition) is 12. The number of sulfonamides is 1. The summed E-state index contributed by atoms with van der Waals surface area (Å²) >= 11 is 7.90. The lowest BCUT2D eigenvalue weighted by Crippen LogP contribution is -2.53. The number of likely N-dealkylation sites (tertiary alicyclic amines) is 1. The number of esters is 1. The highest BCUT2D eigenvalue weighted by molar-refractivity contribution is 7.97. The minimum absolute atomic E-state index is 0.0144. The number of amides is 1. The van der Waals surface area contributed by atoms with Gasteiger partial charge in [-0.3, -0.25) is 14.9 Å². The minimum Gasteiger partial charge on any atom is -0.480 e. The van der Waals surface area contributed by atoms with E-state index < -0.39 is 57.9 Å². The largest absolute Gasteiger partial charge is 0.480 e. The maximum absolute atomic E-state index is 13.4. The van der Waals surface area contributed by atoms with Crippen molar-refractivity contribution in [2.75, 3.05) is 25.1 Å². The zero-order chi connectivity index (χ0) is 40.7. The first-order chi connectivity index (χ1) is 27.2. The molecule has 0 aromatic heterocycles. The summed E-state index contributed by atoms with van der Waals surface area (Å²) in [5, 5.41) is 16.2. The molecule has 3 aromatic carbocycles. The normalized spacial score (nSPS) is 21.3. The van der Waals surface area contributed by atoms with Gasteiger partial charge >= 0.3 is 11.9 Å². The quantitative estimate of drug-likeness (QED) is 0.0920. The van der Waals surface area contributed by atoms with Gasteiger partial charge in [-0.1, -0.05) is 66.2 Å². The van der Waals surface area contributed by atoms with Gasteiger partial charge in [0.15, 0.2) is 5.79 Å². The van der Waals surface area contributed by atoms with Crippen LogP contribution in [0.1, 0.15) is 63.1 Å². The van der Waals surface area contributed by atoms with E-state index >= 15 is 0 Å². The molecule has 3 aliphatic rings. The minimum atomic E-state index is -3.97. The van der Waals surface area contributed by atoms with Gasteiger partial charge in [0.2, 0.25) is 15.9 Å². The fourth-order valence-electron chi connectivity index (χ4n) is 7.07. The number of carbonyl (C=O) groups excluding carboxylic acids is 2. The van der Waals surface area contributed by atoms with Crippen molar-refractivity contribution in [3.05, 3.63) is 88.4 Å². The molecule has 6 rings (SSSR count). The van der Waals surface area contributed by atoms with Crippen molar-refractivity contribution in [3.8, 4) is 0 Å². The number of hydrogen-bond donors (Lipinski definition) is 5. The van der Waals surface area contributed by atoms with Gasteiger partial charge in [0.1, 0.15) is 29.7 Å². The van der Waals surface area contributed by atoms with E-state index in [2.05, 4.69) is 32.2 Å². The summed E-state index contributed by atoms with van der Waals surface area (Å²) < 4.78 is 49.8. The van der Waals surface area contributed by atoms with Crippen molar-refractivity contribution in [2.24, 2.45) is 0 Å². The highest BCUT2D eigenvalue weighted by Gasteiger charge is 2.38. The molecule has 0 saturated carbocycles. The zero-order valence-electron chi connectivity index (χ0n) is 32.2. The molecule has 2 unspecified atom stereocenters. The number of nitrogens with one attached hydrogen (secondary N) is 4. The fraction of sp³-hybridized carbons (Fsp3) is 0.475. The summed E-state index contributed by atoms with van der Waals surface area (Å²) in [4.78, 5) is 40.5. The van der Waals surface area contributed by atoms with E-state index in [1.807, 2.05) is 30.3 Å². The Morgan fingerprint density at radius 1 is 1.07 bits per heavy atom. The van der Waals surface area contributed by atoms with Crippen molar-refractivity contribution in [2.45, 2.75) is 112 Å². The molecule has 0 spiro atoms. The van der Waals surface area contributed by atoms with E-state index in [9.17, 15) is 27.9 Å². The monoisotopic (exact) mass is 843 g/mol. The summed E-state index contributed by atoms with van der Waals surface area (Å²) in [7, 11) is -3.97. The molecule has 0 aliphatic carbocycles. The third kappa shape index (κ3) is 11.5. The summed E-state index contributed by atoms with van der Waals surface area (Å²) in [6.07, 6.45) is 2.92. The molecule has 0 radical (unpaired) electrons. The first-order valence-corrected chi connectivity index (χ1v) is 21.8. The Morgan fingerprint density at radius 3 is 2.49 bits per heavy atom. The van der Waals surface area contributed by atoms with Crippen molar-refractivity contribution in [1.29, 1.82) is 0 Å². The van der Waals surface area contributed by atoms with Crippen LogP contribution in [0, 0.1) is 0 Å². The molecular formula is C40H50ClN5O9S2. The van der Waals surface area contributed by atoms with E-state index in [0.717, 1.165) is 29.0 Å². The third-order valence-electron chi connectivity index (χ3n) is 10.1. The number of nitrogens with zero attached hydrogens (tertiary/aromatic N) is 1. The number of benzene rings is 3. The molecule has 14 nitrogen and oxygen atoms in total. The molecule has 57 heavy (non-hydrogen) atoms. The van der Waals surface area contributed by atoms with Crippen LogP contribution in [0.3, 0.4) is 0 Å². The second kappa shape index (κ2) is 18.9. The Labute approximate surface area is 342 Å². The van der Waals surface area contributed by atoms with Crippen LogP contribution in [0.5, 0.6) is 0 Å². The van der Waals surface area contributed by atoms with Gasteiger partial charge < -0.3 is 29.5 Å². The number of fused-ring (bicyclic) bond motifs is 1. The second-order valence-corrected chi connectivity index (χ2v) is 18.0. The topological polar surface area (TPSA) is 185 Å². The summed E-state index contributed by atoms with van der Waals surface area (Å²) in [6.45, 7) is 5.76. The molecule has 2 saturated heterocycles. The molecule has 1 amide bonds. The molecule has 5 N–H and O–H groups in total. The average Bonchev–Trinajstić information content (AvgIpc) is 3.83. The number of anilines is 1. The van der Waals surface area contributed by atoms with Gasteiger partial charge in [0.05, 0.1) is 29.5 Å². The Balaban J connectivity index is 1.03. The molecular weight excluding hydrogens is 794 g/mol. The van der Waals surface area contributed by atoms with Crippen molar-refractivity contribution in [3.63, 3.8) is 0 Å². The lowest BCUT2D eigenvalue weighted by Gasteiger charge is -2.28. The number of aliphatic carboxylic acids is 1. The predicted octanol–water partition coefficient (Wildman–Crippen LogP) is 4.85. The number of aryl methyl sites for hydroxylation is 2. The standard InChI is InChI=1S/C40H50ClN5O9S2/c1-25(37(47)46-19-7-10-33(46)38(48)49)43-31(39(50)53-23-29-24-54-40(2,3)55-29)17-15-27-11-13-28(14-12-27)22-42-57(51,52)35-21-34-32(20-30(35)41)44-36(45-56-34)18-16-26-8-5-4-6-9-26/h4-6,8-9,11-14,20-21,25,29,31,33,36,42-45H,7,10,15-19,22-24H2,1-3H3,(H,48,49)/t25-,29+,31?,33-,36?/m0/s1. The lowest BCUT2D eigenvalue weighted by atomic mass is 10.0. The molecule has 3 aromatic rings. The first kappa shape index (κ1) is 42.9. The van der Waals surface area contributed by atoms with Gasteiger partial charge in [-0.2, -0.15) is 0 Å². The number of carboxylic acid groups (broad SMARTS) is 1. The van der Waals surface area contributed by atoms with E-state index in [4.69, 9.17) is 25.8 Å². The van der Waals surface area contributed by atoms with Gasteiger partial charge in [-0.25, -0.2) is 22.7 Å². The van der Waals surface area contributed by atoms with Crippen LogP contribution in [0.15, 0.2) is 76.5 Å². The van der Waals surface area contributed by atoms with Crippen molar-refractivity contribution in [1.82, 2.24) is 19.7 Å². The smallest absolute Gasteiger partial charge is 0.326 e. The van der Waals surface area contributed by atoms with Crippen molar-refractivity contribution >= 4 is 57.1 Å². The Bertz CT molecular complexity index is 2010. The molecule has 17 heteroatoms. The summed E-state index contributed by atoms with van der Waals surface area (Å²) in [5.74, 6) is -2.81. The van der Waals surface area contributed by atoms with Crippen LogP contribution < -0.4 is 20.1 Å². The molecule has 3 heterocycles. The highest BCUT2D eigenvalue weighted by Crippen LogP contribution is 2.37. The molecule has 2 fully saturated rings. The number of rotatable bonds is 17. The predicted molar refractivity (Wildman–Crippen MR) is 216 cm³/mol. The van der Waals surface area contributed by atoms with E-state index in [0.29, 0.717) is 31.4 Å². The van der Waals surface area contributed by atoms with Gasteiger partial charge in [-0.05, 0) is 100 Å². The van der Waals surface area contributed by atoms with Crippen molar-refractivity contribution < 1.29 is 42.1 Å². The highest BCUT2D eigenvalue weighted by atomic mass is 35.5. The van der Waals surface area contributed by atoms with Crippen LogP contribution in [0.25, 0.3) is 0 Å². The van der Waals surface area contributed by atoms with Gasteiger partial charge in [0, 0.05) is 18.0 Å². The molecule has 5 atom stereocenters. The van der Waals surface area contributed by atoms with Crippen LogP contribution in [0.4, 0.5) is 5.69 Å². The van der Waals surface area contributed by atoms with E-state index in [1.54, 1.807) is 45.0 Å². The number of carboxylic acids is 1. The van der Waals surface area contributed by atoms with E-state index in [-0.39, 0.29) is 42.3 Å². The van der Waals surface area contributed by atoms with Crippen LogP contribution in [-0.2, 0) is 58.0 Å². The number of ether oxygens (including phenoxy) is 3. The van der Waals surface area contributed by atoms with E-state index in [1.165, 1.54) is 22.4 Å². The number of carbonyl (C=O) groups is 3. The average molecular weight is 844 g/mol. The third-order valence-corrected chi connectivity index (χ3v) is 13.0. The molecule has 3 aliphatic heterocycles. The van der Waals surface area contributed by atoms with Gasteiger partial charge in [0.25, 0.3) is 0 Å². The molecule has 308 valence electrons. The summed E-state index contributed by atoms with van der Waals surface area (Å²) in [5.41, 5.74) is 3.59. The Morgan fingerprint density at radius 2 is 1.79 bits per heavy atom. The first-order valence-electron chi connectivity index (χ1n) is 19.1. The lowest BCUT2D eigenvalue weighted by molar-refractivity contribution is -0.160. The Kier molecular flexibility index (Phi) is 14.2. The van der Waals surface area contributed by atoms with Crippen LogP contribution >= 0.6 is 23.5 Å². The maximum Gasteiger partial charge on any atom is 0.326 e. The SMILES string of the molecule is C[C@H](NC(CCc1ccc(CNS(=O)(=O)c2cc3c(cc2Cl)NC(CCc2ccccc2)NS3)cc1)C(=O)OC[C@@H]1COC(C)(C)O1)C(=O)N1CCC[C@H]1C(=O)O.